The zero-order chi connectivity index (χ0) is 11.1. The van der Waals surface area contributed by atoms with E-state index in [0.29, 0.717) is 0 Å². The molecule has 0 bridgehead atoms. The van der Waals surface area contributed by atoms with Crippen LogP contribution in [0.3, 0.4) is 0 Å². The fourth-order valence-corrected chi connectivity index (χ4v) is 1.27. The molecule has 1 heterocycles. The highest BCUT2D eigenvalue weighted by molar-refractivity contribution is 5.42. The van der Waals surface area contributed by atoms with Crippen LogP contribution in [0.15, 0.2) is 18.2 Å². The van der Waals surface area contributed by atoms with Gasteiger partial charge in [-0.05, 0) is 24.6 Å². The van der Waals surface area contributed by atoms with Crippen LogP contribution in [-0.2, 0) is 0 Å². The molecule has 0 saturated heterocycles. The van der Waals surface area contributed by atoms with Gasteiger partial charge in [0.05, 0.1) is 13.2 Å². The van der Waals surface area contributed by atoms with Crippen molar-refractivity contribution in [1.82, 2.24) is 0 Å². The van der Waals surface area contributed by atoms with E-state index >= 15 is 0 Å². The Morgan fingerprint density at radius 1 is 1.07 bits per heavy atom. The summed E-state index contributed by atoms with van der Waals surface area (Å²) in [5.41, 5.74) is 1.21. The van der Waals surface area contributed by atoms with Gasteiger partial charge in [-0.2, -0.15) is 0 Å². The molecule has 1 aliphatic rings. The first-order valence-electron chi connectivity index (χ1n) is 5.64. The van der Waals surface area contributed by atoms with E-state index in [1.165, 1.54) is 12.0 Å². The molecule has 84 valence electrons. The molecule has 2 nitrogen and oxygen atoms in total. The smallest absolute Gasteiger partial charge is 0.161 e. The summed E-state index contributed by atoms with van der Waals surface area (Å²) in [7, 11) is 0. The first-order chi connectivity index (χ1) is 7.27. The summed E-state index contributed by atoms with van der Waals surface area (Å²) in [6, 6.07) is 6.02. The Kier molecular flexibility index (Phi) is 5.02. The third-order valence-electron chi connectivity index (χ3n) is 1.90. The second kappa shape index (κ2) is 6.33. The van der Waals surface area contributed by atoms with Crippen LogP contribution < -0.4 is 9.47 Å². The highest BCUT2D eigenvalue weighted by Crippen LogP contribution is 2.29. The van der Waals surface area contributed by atoms with Crippen LogP contribution in [0.4, 0.5) is 0 Å². The van der Waals surface area contributed by atoms with Crippen molar-refractivity contribution in [2.45, 2.75) is 33.6 Å². The Hall–Kier alpha value is -1.18. The summed E-state index contributed by atoms with van der Waals surface area (Å²) in [6.45, 7) is 7.82. The topological polar surface area (TPSA) is 18.5 Å². The monoisotopic (exact) mass is 208 g/mol. The maximum atomic E-state index is 5.50. The van der Waals surface area contributed by atoms with Crippen LogP contribution in [0.1, 0.15) is 32.3 Å². The molecule has 0 fully saturated rings. The van der Waals surface area contributed by atoms with Crippen molar-refractivity contribution in [3.63, 3.8) is 0 Å². The molecule has 1 aromatic rings. The van der Waals surface area contributed by atoms with E-state index in [1.807, 2.05) is 18.2 Å². The molecule has 15 heavy (non-hydrogen) atoms. The highest BCUT2D eigenvalue weighted by Gasteiger charge is 2.08. The van der Waals surface area contributed by atoms with E-state index < -0.39 is 0 Å². The van der Waals surface area contributed by atoms with Gasteiger partial charge in [-0.1, -0.05) is 26.3 Å². The van der Waals surface area contributed by atoms with Crippen molar-refractivity contribution in [2.75, 3.05) is 13.2 Å². The number of fused-ring (bicyclic) bond motifs is 1. The zero-order valence-electron chi connectivity index (χ0n) is 9.88. The molecule has 0 unspecified atom stereocenters. The van der Waals surface area contributed by atoms with Crippen molar-refractivity contribution in [3.05, 3.63) is 23.8 Å². The summed E-state index contributed by atoms with van der Waals surface area (Å²) in [5, 5.41) is 0. The number of hydrogen-bond donors (Lipinski definition) is 0. The first kappa shape index (κ1) is 11.9. The summed E-state index contributed by atoms with van der Waals surface area (Å²) < 4.78 is 11.0. The maximum absolute atomic E-state index is 5.50. The molecule has 1 aromatic carbocycles. The number of ether oxygens (including phenoxy) is 2. The minimum atomic E-state index is 0.760. The minimum absolute atomic E-state index is 0.760. The van der Waals surface area contributed by atoms with Crippen molar-refractivity contribution >= 4 is 0 Å². The Labute approximate surface area is 92.2 Å². The standard InChI is InChI=1S/C10H12O2.C3H8/c1-8-3-4-9-10(7-8)12-6-2-5-11-9;1-3-2/h3-4,7H,2,5-6H2,1H3;3H2,1-2H3. The summed E-state index contributed by atoms with van der Waals surface area (Å²) >= 11 is 0. The van der Waals surface area contributed by atoms with Crippen LogP contribution in [0.25, 0.3) is 0 Å². The third-order valence-corrected chi connectivity index (χ3v) is 1.90. The Balaban J connectivity index is 0.000000337. The lowest BCUT2D eigenvalue weighted by Crippen LogP contribution is -1.97. The van der Waals surface area contributed by atoms with Crippen LogP contribution in [-0.4, -0.2) is 13.2 Å². The SMILES string of the molecule is CCC.Cc1ccc2c(c1)OCCCO2. The number of hydrogen-bond acceptors (Lipinski definition) is 2. The molecule has 0 atom stereocenters. The van der Waals surface area contributed by atoms with Crippen LogP contribution in [0.5, 0.6) is 11.5 Å². The van der Waals surface area contributed by atoms with E-state index in [1.54, 1.807) is 0 Å². The average Bonchev–Trinajstić information content (AvgIpc) is 2.43. The van der Waals surface area contributed by atoms with E-state index in [9.17, 15) is 0 Å². The predicted octanol–water partition coefficient (Wildman–Crippen LogP) is 3.57. The molecule has 0 N–H and O–H groups in total. The van der Waals surface area contributed by atoms with Gasteiger partial charge < -0.3 is 9.47 Å². The average molecular weight is 208 g/mol. The quantitative estimate of drug-likeness (QED) is 0.649. The molecule has 0 radical (unpaired) electrons. The second-order valence-electron chi connectivity index (χ2n) is 3.71. The normalized spacial score (nSPS) is 13.5. The Bertz CT molecular complexity index is 295. The van der Waals surface area contributed by atoms with Gasteiger partial charge in [0.2, 0.25) is 0 Å². The molecule has 0 aliphatic carbocycles. The fraction of sp³-hybridized carbons (Fsp3) is 0.538. The fourth-order valence-electron chi connectivity index (χ4n) is 1.27. The van der Waals surface area contributed by atoms with Crippen LogP contribution >= 0.6 is 0 Å². The largest absolute Gasteiger partial charge is 0.490 e. The lowest BCUT2D eigenvalue weighted by atomic mass is 10.2. The van der Waals surface area contributed by atoms with Gasteiger partial charge in [0.1, 0.15) is 0 Å². The number of rotatable bonds is 0. The highest BCUT2D eigenvalue weighted by atomic mass is 16.5. The molecule has 0 aromatic heterocycles. The Morgan fingerprint density at radius 3 is 2.33 bits per heavy atom. The van der Waals surface area contributed by atoms with Crippen molar-refractivity contribution in [2.24, 2.45) is 0 Å². The van der Waals surface area contributed by atoms with Crippen molar-refractivity contribution in [1.29, 1.82) is 0 Å². The van der Waals surface area contributed by atoms with Gasteiger partial charge in [0.25, 0.3) is 0 Å². The third kappa shape index (κ3) is 3.82. The van der Waals surface area contributed by atoms with E-state index in [4.69, 9.17) is 9.47 Å². The Morgan fingerprint density at radius 2 is 1.67 bits per heavy atom. The summed E-state index contributed by atoms with van der Waals surface area (Å²) in [4.78, 5) is 0. The predicted molar refractivity (Wildman–Crippen MR) is 62.8 cm³/mol. The molecule has 2 heteroatoms. The van der Waals surface area contributed by atoms with Crippen molar-refractivity contribution in [3.8, 4) is 11.5 Å². The number of benzene rings is 1. The van der Waals surface area contributed by atoms with Crippen molar-refractivity contribution < 1.29 is 9.47 Å². The molecule has 0 spiro atoms. The molecule has 1 aliphatic heterocycles. The van der Waals surface area contributed by atoms with Gasteiger partial charge in [-0.25, -0.2) is 0 Å². The molecular formula is C13H20O2. The van der Waals surface area contributed by atoms with Gasteiger partial charge in [0, 0.05) is 6.42 Å². The van der Waals surface area contributed by atoms with Gasteiger partial charge in [-0.3, -0.25) is 0 Å². The van der Waals surface area contributed by atoms with Crippen LogP contribution in [0.2, 0.25) is 0 Å². The van der Waals surface area contributed by atoms with E-state index in [2.05, 4.69) is 20.8 Å². The maximum Gasteiger partial charge on any atom is 0.161 e. The molecular weight excluding hydrogens is 188 g/mol. The van der Waals surface area contributed by atoms with E-state index in [0.717, 1.165) is 31.1 Å². The molecule has 0 amide bonds. The lowest BCUT2D eigenvalue weighted by Gasteiger charge is -2.06. The molecule has 0 saturated carbocycles. The molecule has 2 rings (SSSR count). The van der Waals surface area contributed by atoms with E-state index in [-0.39, 0.29) is 0 Å². The van der Waals surface area contributed by atoms with Crippen LogP contribution in [0, 0.1) is 6.92 Å². The van der Waals surface area contributed by atoms with Gasteiger partial charge in [0.15, 0.2) is 11.5 Å². The second-order valence-corrected chi connectivity index (χ2v) is 3.71. The summed E-state index contributed by atoms with van der Waals surface area (Å²) in [5.74, 6) is 1.76. The first-order valence-corrected chi connectivity index (χ1v) is 5.64. The number of aryl methyl sites for hydroxylation is 1. The minimum Gasteiger partial charge on any atom is -0.490 e. The zero-order valence-corrected chi connectivity index (χ0v) is 9.88. The van der Waals surface area contributed by atoms with Gasteiger partial charge in [-0.15, -0.1) is 0 Å². The summed E-state index contributed by atoms with van der Waals surface area (Å²) in [6.07, 6.45) is 2.22. The lowest BCUT2D eigenvalue weighted by molar-refractivity contribution is 0.297. The van der Waals surface area contributed by atoms with Gasteiger partial charge >= 0.3 is 0 Å².